The standard InChI is InChI=1S/C19H25NO/c1-12-9-15(4)18(17(10-12)21-6)19(5,20)16-8-7-13(2)14(3)11-16/h7-11H,20H2,1-6H3. The lowest BCUT2D eigenvalue weighted by atomic mass is 9.81. The first-order valence-corrected chi connectivity index (χ1v) is 7.29. The Hall–Kier alpha value is -1.80. The summed E-state index contributed by atoms with van der Waals surface area (Å²) in [5.41, 5.74) is 13.2. The van der Waals surface area contributed by atoms with Crippen LogP contribution in [0.3, 0.4) is 0 Å². The highest BCUT2D eigenvalue weighted by atomic mass is 16.5. The molecule has 0 radical (unpaired) electrons. The van der Waals surface area contributed by atoms with Crippen LogP contribution in [0.4, 0.5) is 0 Å². The number of aryl methyl sites for hydroxylation is 4. The van der Waals surface area contributed by atoms with Crippen molar-refractivity contribution in [1.29, 1.82) is 0 Å². The van der Waals surface area contributed by atoms with Gasteiger partial charge >= 0.3 is 0 Å². The molecule has 0 saturated heterocycles. The van der Waals surface area contributed by atoms with Gasteiger partial charge in [0.25, 0.3) is 0 Å². The normalized spacial score (nSPS) is 13.9. The molecule has 1 unspecified atom stereocenters. The fourth-order valence-electron chi connectivity index (χ4n) is 2.96. The van der Waals surface area contributed by atoms with E-state index in [9.17, 15) is 0 Å². The minimum Gasteiger partial charge on any atom is -0.496 e. The van der Waals surface area contributed by atoms with Crippen LogP contribution in [0.1, 0.15) is 40.3 Å². The molecule has 2 N–H and O–H groups in total. The Bertz CT molecular complexity index is 672. The van der Waals surface area contributed by atoms with Crippen LogP contribution < -0.4 is 10.5 Å². The van der Waals surface area contributed by atoms with Gasteiger partial charge in [-0.2, -0.15) is 0 Å². The SMILES string of the molecule is COc1cc(C)cc(C)c1C(C)(N)c1ccc(C)c(C)c1. The first-order valence-electron chi connectivity index (χ1n) is 7.29. The van der Waals surface area contributed by atoms with Gasteiger partial charge in [-0.05, 0) is 68.5 Å². The highest BCUT2D eigenvalue weighted by Crippen LogP contribution is 2.37. The monoisotopic (exact) mass is 283 g/mol. The fourth-order valence-corrected chi connectivity index (χ4v) is 2.96. The van der Waals surface area contributed by atoms with E-state index in [4.69, 9.17) is 10.5 Å². The van der Waals surface area contributed by atoms with Crippen molar-refractivity contribution in [2.24, 2.45) is 5.73 Å². The van der Waals surface area contributed by atoms with Gasteiger partial charge in [-0.3, -0.25) is 0 Å². The molecule has 2 nitrogen and oxygen atoms in total. The van der Waals surface area contributed by atoms with Crippen LogP contribution >= 0.6 is 0 Å². The summed E-state index contributed by atoms with van der Waals surface area (Å²) in [5.74, 6) is 0.857. The van der Waals surface area contributed by atoms with E-state index >= 15 is 0 Å². The maximum atomic E-state index is 6.73. The van der Waals surface area contributed by atoms with Crippen LogP contribution in [0.2, 0.25) is 0 Å². The van der Waals surface area contributed by atoms with Gasteiger partial charge in [0.2, 0.25) is 0 Å². The Morgan fingerprint density at radius 1 is 0.905 bits per heavy atom. The molecule has 0 aliphatic rings. The van der Waals surface area contributed by atoms with E-state index in [2.05, 4.69) is 65.0 Å². The second-order valence-electron chi connectivity index (χ2n) is 6.16. The lowest BCUT2D eigenvalue weighted by Gasteiger charge is -2.30. The Kier molecular flexibility index (Phi) is 4.11. The van der Waals surface area contributed by atoms with Gasteiger partial charge in [-0.15, -0.1) is 0 Å². The van der Waals surface area contributed by atoms with Crippen molar-refractivity contribution >= 4 is 0 Å². The van der Waals surface area contributed by atoms with Gasteiger partial charge in [0.1, 0.15) is 5.75 Å². The van der Waals surface area contributed by atoms with Gasteiger partial charge in [0, 0.05) is 5.56 Å². The maximum Gasteiger partial charge on any atom is 0.124 e. The van der Waals surface area contributed by atoms with Crippen LogP contribution in [-0.4, -0.2) is 7.11 Å². The zero-order valence-electron chi connectivity index (χ0n) is 13.9. The molecule has 2 rings (SSSR count). The minimum atomic E-state index is -0.582. The Morgan fingerprint density at radius 3 is 2.14 bits per heavy atom. The summed E-state index contributed by atoms with van der Waals surface area (Å²) >= 11 is 0. The third kappa shape index (κ3) is 2.81. The predicted octanol–water partition coefficient (Wildman–Crippen LogP) is 4.15. The van der Waals surface area contributed by atoms with E-state index in [0.717, 1.165) is 22.4 Å². The minimum absolute atomic E-state index is 0.582. The summed E-state index contributed by atoms with van der Waals surface area (Å²) in [6, 6.07) is 10.6. The number of hydrogen-bond acceptors (Lipinski definition) is 2. The molecule has 0 aliphatic heterocycles. The van der Waals surface area contributed by atoms with Gasteiger partial charge in [0.15, 0.2) is 0 Å². The van der Waals surface area contributed by atoms with E-state index in [0.29, 0.717) is 0 Å². The van der Waals surface area contributed by atoms with Crippen LogP contribution in [0.15, 0.2) is 30.3 Å². The fraction of sp³-hybridized carbons (Fsp3) is 0.368. The maximum absolute atomic E-state index is 6.73. The van der Waals surface area contributed by atoms with Gasteiger partial charge < -0.3 is 10.5 Å². The van der Waals surface area contributed by atoms with Gasteiger partial charge in [-0.1, -0.05) is 24.3 Å². The molecule has 0 amide bonds. The van der Waals surface area contributed by atoms with E-state index in [1.165, 1.54) is 16.7 Å². The van der Waals surface area contributed by atoms with Gasteiger partial charge in [-0.25, -0.2) is 0 Å². The van der Waals surface area contributed by atoms with E-state index in [1.807, 2.05) is 0 Å². The molecule has 112 valence electrons. The lowest BCUT2D eigenvalue weighted by Crippen LogP contribution is -2.35. The number of benzene rings is 2. The van der Waals surface area contributed by atoms with Crippen molar-refractivity contribution in [3.8, 4) is 5.75 Å². The molecule has 2 heteroatoms. The van der Waals surface area contributed by atoms with Crippen LogP contribution in [0, 0.1) is 27.7 Å². The summed E-state index contributed by atoms with van der Waals surface area (Å²) in [7, 11) is 1.70. The van der Waals surface area contributed by atoms with Crippen molar-refractivity contribution < 1.29 is 4.74 Å². The molecule has 0 aliphatic carbocycles. The average Bonchev–Trinajstić information content (AvgIpc) is 2.40. The zero-order chi connectivity index (χ0) is 15.8. The number of ether oxygens (including phenoxy) is 1. The van der Waals surface area contributed by atoms with Crippen LogP contribution in [0.25, 0.3) is 0 Å². The van der Waals surface area contributed by atoms with Crippen molar-refractivity contribution in [1.82, 2.24) is 0 Å². The van der Waals surface area contributed by atoms with Crippen molar-refractivity contribution in [2.45, 2.75) is 40.2 Å². The van der Waals surface area contributed by atoms with E-state index in [-0.39, 0.29) is 0 Å². The molecule has 0 fully saturated rings. The summed E-state index contributed by atoms with van der Waals surface area (Å²) < 4.78 is 5.59. The molecule has 0 saturated carbocycles. The molecule has 2 aromatic carbocycles. The first-order chi connectivity index (χ1) is 9.77. The Labute approximate surface area is 127 Å². The highest BCUT2D eigenvalue weighted by Gasteiger charge is 2.29. The Balaban J connectivity index is 2.65. The smallest absolute Gasteiger partial charge is 0.124 e. The van der Waals surface area contributed by atoms with Crippen LogP contribution in [-0.2, 0) is 5.54 Å². The predicted molar refractivity (Wildman–Crippen MR) is 89.0 cm³/mol. The third-order valence-corrected chi connectivity index (χ3v) is 4.29. The number of hydrogen-bond donors (Lipinski definition) is 1. The van der Waals surface area contributed by atoms with Crippen molar-refractivity contribution in [2.75, 3.05) is 7.11 Å². The number of rotatable bonds is 3. The largest absolute Gasteiger partial charge is 0.496 e. The topological polar surface area (TPSA) is 35.2 Å². The summed E-state index contributed by atoms with van der Waals surface area (Å²) in [4.78, 5) is 0. The summed E-state index contributed by atoms with van der Waals surface area (Å²) in [6.45, 7) is 10.5. The zero-order valence-corrected chi connectivity index (χ0v) is 13.9. The summed E-state index contributed by atoms with van der Waals surface area (Å²) in [5, 5.41) is 0. The van der Waals surface area contributed by atoms with Gasteiger partial charge in [0.05, 0.1) is 12.6 Å². The molecule has 0 aromatic heterocycles. The molecular formula is C19H25NO. The molecule has 0 bridgehead atoms. The molecule has 21 heavy (non-hydrogen) atoms. The second-order valence-corrected chi connectivity index (χ2v) is 6.16. The Morgan fingerprint density at radius 2 is 1.57 bits per heavy atom. The molecule has 2 aromatic rings. The summed E-state index contributed by atoms with van der Waals surface area (Å²) in [6.07, 6.45) is 0. The quantitative estimate of drug-likeness (QED) is 0.918. The average molecular weight is 283 g/mol. The third-order valence-electron chi connectivity index (χ3n) is 4.29. The van der Waals surface area contributed by atoms with Crippen LogP contribution in [0.5, 0.6) is 5.75 Å². The lowest BCUT2D eigenvalue weighted by molar-refractivity contribution is 0.397. The number of nitrogens with two attached hydrogens (primary N) is 1. The molecule has 0 heterocycles. The second kappa shape index (κ2) is 5.53. The van der Waals surface area contributed by atoms with E-state index < -0.39 is 5.54 Å². The van der Waals surface area contributed by atoms with Crippen molar-refractivity contribution in [3.05, 3.63) is 63.7 Å². The highest BCUT2D eigenvalue weighted by molar-refractivity contribution is 5.52. The number of methoxy groups -OCH3 is 1. The molecule has 0 spiro atoms. The van der Waals surface area contributed by atoms with Crippen molar-refractivity contribution in [3.63, 3.8) is 0 Å². The first kappa shape index (κ1) is 15.6. The van der Waals surface area contributed by atoms with E-state index in [1.54, 1.807) is 7.11 Å². The molecule has 1 atom stereocenters. The molecular weight excluding hydrogens is 258 g/mol.